The predicted octanol–water partition coefficient (Wildman–Crippen LogP) is 2.94. The van der Waals surface area contributed by atoms with Crippen molar-refractivity contribution in [2.24, 2.45) is 0 Å². The minimum absolute atomic E-state index is 0.185. The van der Waals surface area contributed by atoms with Crippen LogP contribution in [0, 0.1) is 0 Å². The van der Waals surface area contributed by atoms with Crippen molar-refractivity contribution in [2.75, 3.05) is 26.1 Å². The third-order valence-corrected chi connectivity index (χ3v) is 5.97. The van der Waals surface area contributed by atoms with Gasteiger partial charge in [-0.25, -0.2) is 19.9 Å². The summed E-state index contributed by atoms with van der Waals surface area (Å²) < 4.78 is 18.8. The fraction of sp³-hybridized carbons (Fsp3) is 0.300. The van der Waals surface area contributed by atoms with Crippen molar-refractivity contribution in [3.63, 3.8) is 0 Å². The smallest absolute Gasteiger partial charge is 0.231 e. The number of aryl methyl sites for hydroxylation is 1. The number of hydrogen-bond donors (Lipinski definition) is 2. The number of unbranched alkanes of at least 4 members (excludes halogenated alkanes) is 1. The van der Waals surface area contributed by atoms with Crippen molar-refractivity contribution in [3.8, 4) is 23.0 Å². The lowest BCUT2D eigenvalue weighted by atomic mass is 10.2. The molecule has 5 rings (SSSR count). The first-order valence-corrected chi connectivity index (χ1v) is 10.7. The standard InChI is InChI=1S/C20H21N7O3S/c1-22-4-2-3-6-27-18-16(17(21)24-10-25-18)26-20(27)31-15-9-14-13(29-11-30-14)8-12(15)19-23-5-7-28-19/h5,7-10,22H,2-4,6,11H2,1H3,(H2,21,24,25). The van der Waals surface area contributed by atoms with E-state index in [2.05, 4.69) is 24.8 Å². The Bertz CT molecular complexity index is 1210. The zero-order valence-corrected chi connectivity index (χ0v) is 17.7. The van der Waals surface area contributed by atoms with E-state index in [0.29, 0.717) is 28.7 Å². The van der Waals surface area contributed by atoms with Crippen LogP contribution in [-0.2, 0) is 6.54 Å². The Balaban J connectivity index is 1.57. The number of nitrogens with one attached hydrogen (secondary N) is 1. The van der Waals surface area contributed by atoms with Crippen LogP contribution in [0.5, 0.6) is 11.5 Å². The summed E-state index contributed by atoms with van der Waals surface area (Å²) in [6.07, 6.45) is 6.63. The van der Waals surface area contributed by atoms with Gasteiger partial charge in [-0.15, -0.1) is 0 Å². The summed E-state index contributed by atoms with van der Waals surface area (Å²) in [7, 11) is 1.95. The molecule has 3 N–H and O–H groups in total. The van der Waals surface area contributed by atoms with Crippen LogP contribution in [0.2, 0.25) is 0 Å². The fourth-order valence-electron chi connectivity index (χ4n) is 3.41. The molecule has 4 aromatic rings. The first-order chi connectivity index (χ1) is 15.2. The normalized spacial score (nSPS) is 12.7. The molecular weight excluding hydrogens is 418 g/mol. The van der Waals surface area contributed by atoms with Gasteiger partial charge in [0.1, 0.15) is 12.6 Å². The Hall–Kier alpha value is -3.31. The number of nitrogen functional groups attached to an aromatic ring is 1. The van der Waals surface area contributed by atoms with E-state index in [1.54, 1.807) is 12.5 Å². The van der Waals surface area contributed by atoms with Gasteiger partial charge in [0.05, 0.1) is 11.8 Å². The van der Waals surface area contributed by atoms with Crippen molar-refractivity contribution >= 4 is 28.7 Å². The monoisotopic (exact) mass is 439 g/mol. The fourth-order valence-corrected chi connectivity index (χ4v) is 4.46. The molecule has 0 saturated carbocycles. The van der Waals surface area contributed by atoms with Crippen molar-refractivity contribution in [2.45, 2.75) is 29.4 Å². The highest BCUT2D eigenvalue weighted by atomic mass is 32.2. The van der Waals surface area contributed by atoms with Crippen LogP contribution in [0.15, 0.2) is 45.4 Å². The van der Waals surface area contributed by atoms with Crippen molar-refractivity contribution in [3.05, 3.63) is 30.9 Å². The molecule has 1 aliphatic rings. The van der Waals surface area contributed by atoms with Gasteiger partial charge < -0.3 is 29.5 Å². The number of anilines is 1. The Morgan fingerprint density at radius 2 is 2.03 bits per heavy atom. The number of imidazole rings is 1. The molecule has 1 aromatic carbocycles. The lowest BCUT2D eigenvalue weighted by molar-refractivity contribution is 0.174. The number of oxazole rings is 1. The number of aromatic nitrogens is 5. The average molecular weight is 440 g/mol. The van der Waals surface area contributed by atoms with E-state index >= 15 is 0 Å². The van der Waals surface area contributed by atoms with Crippen LogP contribution in [0.1, 0.15) is 12.8 Å². The van der Waals surface area contributed by atoms with Crippen LogP contribution < -0.4 is 20.5 Å². The number of rotatable bonds is 8. The summed E-state index contributed by atoms with van der Waals surface area (Å²) in [5, 5.41) is 3.94. The maximum atomic E-state index is 6.08. The summed E-state index contributed by atoms with van der Waals surface area (Å²) in [6, 6.07) is 3.80. The number of fused-ring (bicyclic) bond motifs is 2. The first kappa shape index (κ1) is 19.6. The summed E-state index contributed by atoms with van der Waals surface area (Å²) in [5.74, 6) is 2.19. The molecule has 1 aliphatic heterocycles. The van der Waals surface area contributed by atoms with Gasteiger partial charge in [-0.2, -0.15) is 0 Å². The van der Waals surface area contributed by atoms with E-state index < -0.39 is 0 Å². The third-order valence-electron chi connectivity index (χ3n) is 4.92. The number of nitrogens with zero attached hydrogens (tertiary/aromatic N) is 5. The first-order valence-electron chi connectivity index (χ1n) is 9.87. The zero-order chi connectivity index (χ0) is 21.2. The van der Waals surface area contributed by atoms with Gasteiger partial charge in [0.2, 0.25) is 12.7 Å². The highest BCUT2D eigenvalue weighted by Gasteiger charge is 2.23. The molecule has 31 heavy (non-hydrogen) atoms. The topological polar surface area (TPSA) is 126 Å². The number of ether oxygens (including phenoxy) is 2. The highest BCUT2D eigenvalue weighted by Crippen LogP contribution is 2.44. The Morgan fingerprint density at radius 1 is 1.16 bits per heavy atom. The second-order valence-electron chi connectivity index (χ2n) is 6.93. The van der Waals surface area contributed by atoms with E-state index in [4.69, 9.17) is 24.6 Å². The lowest BCUT2D eigenvalue weighted by Gasteiger charge is -2.11. The second-order valence-corrected chi connectivity index (χ2v) is 7.94. The van der Waals surface area contributed by atoms with Gasteiger partial charge >= 0.3 is 0 Å². The maximum Gasteiger partial charge on any atom is 0.231 e. The zero-order valence-electron chi connectivity index (χ0n) is 16.9. The Kier molecular flexibility index (Phi) is 5.35. The minimum atomic E-state index is 0.185. The molecule has 0 amide bonds. The van der Waals surface area contributed by atoms with Gasteiger partial charge in [-0.1, -0.05) is 11.8 Å². The van der Waals surface area contributed by atoms with Crippen molar-refractivity contribution in [1.82, 2.24) is 29.8 Å². The third kappa shape index (κ3) is 3.77. The Morgan fingerprint density at radius 3 is 2.84 bits per heavy atom. The second kappa shape index (κ2) is 8.44. The van der Waals surface area contributed by atoms with E-state index in [1.807, 2.05) is 19.2 Å². The number of nitrogens with two attached hydrogens (primary N) is 1. The molecule has 160 valence electrons. The van der Waals surface area contributed by atoms with Crippen molar-refractivity contribution in [1.29, 1.82) is 0 Å². The molecule has 0 saturated heterocycles. The van der Waals surface area contributed by atoms with Gasteiger partial charge in [0.25, 0.3) is 0 Å². The molecule has 0 fully saturated rings. The summed E-state index contributed by atoms with van der Waals surface area (Å²) in [6.45, 7) is 1.89. The van der Waals surface area contributed by atoms with Crippen LogP contribution in [0.3, 0.4) is 0 Å². The number of benzene rings is 1. The maximum absolute atomic E-state index is 6.08. The molecule has 3 aromatic heterocycles. The largest absolute Gasteiger partial charge is 0.454 e. The predicted molar refractivity (Wildman–Crippen MR) is 115 cm³/mol. The van der Waals surface area contributed by atoms with Crippen LogP contribution in [-0.4, -0.2) is 44.9 Å². The molecular formula is C20H21N7O3S. The van der Waals surface area contributed by atoms with E-state index in [9.17, 15) is 0 Å². The molecule has 4 heterocycles. The molecule has 0 spiro atoms. The molecule has 0 radical (unpaired) electrons. The molecule has 0 aliphatic carbocycles. The Labute approximate surface area is 182 Å². The van der Waals surface area contributed by atoms with Gasteiger partial charge in [-0.3, -0.25) is 0 Å². The van der Waals surface area contributed by atoms with Gasteiger partial charge in [-0.05, 0) is 38.6 Å². The molecule has 0 bridgehead atoms. The van der Waals surface area contributed by atoms with Crippen LogP contribution >= 0.6 is 11.8 Å². The van der Waals surface area contributed by atoms with Crippen LogP contribution in [0.25, 0.3) is 22.6 Å². The van der Waals surface area contributed by atoms with Crippen molar-refractivity contribution < 1.29 is 13.9 Å². The molecule has 0 atom stereocenters. The summed E-state index contributed by atoms with van der Waals surface area (Å²) in [5.41, 5.74) is 8.19. The average Bonchev–Trinajstić information content (AvgIpc) is 3.51. The summed E-state index contributed by atoms with van der Waals surface area (Å²) >= 11 is 1.48. The van der Waals surface area contributed by atoms with E-state index in [0.717, 1.165) is 47.2 Å². The minimum Gasteiger partial charge on any atom is -0.454 e. The van der Waals surface area contributed by atoms with Crippen LogP contribution in [0.4, 0.5) is 5.82 Å². The van der Waals surface area contributed by atoms with E-state index in [-0.39, 0.29) is 6.79 Å². The summed E-state index contributed by atoms with van der Waals surface area (Å²) in [4.78, 5) is 18.5. The SMILES string of the molecule is CNCCCCn1c(Sc2cc3c(cc2-c2ncco2)OCO3)nc2c(N)ncnc21. The van der Waals surface area contributed by atoms with Gasteiger partial charge in [0.15, 0.2) is 33.6 Å². The number of hydrogen-bond acceptors (Lipinski definition) is 10. The highest BCUT2D eigenvalue weighted by molar-refractivity contribution is 7.99. The molecule has 0 unspecified atom stereocenters. The quantitative estimate of drug-likeness (QED) is 0.396. The van der Waals surface area contributed by atoms with E-state index in [1.165, 1.54) is 18.1 Å². The van der Waals surface area contributed by atoms with Gasteiger partial charge in [0, 0.05) is 11.4 Å². The molecule has 11 heteroatoms. The lowest BCUT2D eigenvalue weighted by Crippen LogP contribution is -2.09. The molecule has 10 nitrogen and oxygen atoms in total.